The van der Waals surface area contributed by atoms with Gasteiger partial charge in [-0.2, -0.15) is 0 Å². The highest BCUT2D eigenvalue weighted by Gasteiger charge is 1.98. The monoisotopic (exact) mass is 316 g/mol. The first-order valence-corrected chi connectivity index (χ1v) is 9.21. The van der Waals surface area contributed by atoms with Gasteiger partial charge in [-0.05, 0) is 25.7 Å². The topological polar surface area (TPSA) is 26.3 Å². The fraction of sp³-hybridized carbons (Fsp3) is 0.833. The Kier molecular flexibility index (Phi) is 17.1. The van der Waals surface area contributed by atoms with Crippen LogP contribution in [0.1, 0.15) is 84.0 Å². The summed E-state index contributed by atoms with van der Waals surface area (Å²) in [5.41, 5.74) is 0. The average Bonchev–Trinajstić information content (AvgIpc) is 2.50. The molecule has 0 spiro atoms. The van der Waals surface area contributed by atoms with Crippen molar-refractivity contribution in [2.75, 3.05) is 12.5 Å². The first-order valence-electron chi connectivity index (χ1n) is 8.67. The van der Waals surface area contributed by atoms with Gasteiger partial charge in [-0.15, -0.1) is 11.6 Å². The molecular weight excluding hydrogens is 284 g/mol. The van der Waals surface area contributed by atoms with Gasteiger partial charge in [0.15, 0.2) is 0 Å². The van der Waals surface area contributed by atoms with Crippen LogP contribution in [-0.2, 0) is 9.53 Å². The molecule has 0 unspecified atom stereocenters. The highest BCUT2D eigenvalue weighted by molar-refractivity contribution is 6.26. The van der Waals surface area contributed by atoms with E-state index in [0.29, 0.717) is 6.61 Å². The number of allylic oxidation sites excluding steroid dienone is 2. The summed E-state index contributed by atoms with van der Waals surface area (Å²) in [6.45, 7) is 2.76. The van der Waals surface area contributed by atoms with Crippen molar-refractivity contribution in [3.05, 3.63) is 12.2 Å². The molecule has 0 aliphatic rings. The van der Waals surface area contributed by atoms with Gasteiger partial charge in [-0.1, -0.05) is 70.4 Å². The first kappa shape index (κ1) is 20.5. The van der Waals surface area contributed by atoms with Gasteiger partial charge < -0.3 is 4.74 Å². The summed E-state index contributed by atoms with van der Waals surface area (Å²) in [5, 5.41) is 0. The molecule has 0 fully saturated rings. The van der Waals surface area contributed by atoms with Gasteiger partial charge >= 0.3 is 5.97 Å². The molecule has 0 aliphatic heterocycles. The Morgan fingerprint density at radius 1 is 0.857 bits per heavy atom. The molecule has 0 amide bonds. The van der Waals surface area contributed by atoms with Gasteiger partial charge in [0.25, 0.3) is 0 Å². The van der Waals surface area contributed by atoms with Crippen LogP contribution >= 0.6 is 11.6 Å². The molecule has 0 aromatic heterocycles. The minimum absolute atomic E-state index is 0.0339. The summed E-state index contributed by atoms with van der Waals surface area (Å²) in [6.07, 6.45) is 19.8. The Balaban J connectivity index is 3.06. The van der Waals surface area contributed by atoms with Crippen LogP contribution in [0.2, 0.25) is 0 Å². The summed E-state index contributed by atoms with van der Waals surface area (Å²) in [7, 11) is 0. The molecule has 0 bridgehead atoms. The van der Waals surface area contributed by atoms with E-state index in [2.05, 4.69) is 19.1 Å². The van der Waals surface area contributed by atoms with Crippen molar-refractivity contribution in [1.29, 1.82) is 0 Å². The highest BCUT2D eigenvalue weighted by Crippen LogP contribution is 2.10. The first-order chi connectivity index (χ1) is 10.3. The maximum atomic E-state index is 10.8. The number of esters is 1. The number of alkyl halides is 1. The predicted octanol–water partition coefficient (Wildman–Crippen LogP) is 6.03. The number of unbranched alkanes of at least 4 members (excludes halogenated alkanes) is 10. The van der Waals surface area contributed by atoms with E-state index >= 15 is 0 Å². The predicted molar refractivity (Wildman–Crippen MR) is 91.9 cm³/mol. The minimum atomic E-state index is -0.305. The van der Waals surface area contributed by atoms with Crippen molar-refractivity contribution in [2.45, 2.75) is 84.0 Å². The van der Waals surface area contributed by atoms with Crippen molar-refractivity contribution >= 4 is 17.6 Å². The third-order valence-corrected chi connectivity index (χ3v) is 3.75. The van der Waals surface area contributed by atoms with Crippen LogP contribution < -0.4 is 0 Å². The molecule has 0 saturated carbocycles. The van der Waals surface area contributed by atoms with E-state index in [4.69, 9.17) is 16.3 Å². The van der Waals surface area contributed by atoms with Gasteiger partial charge in [0, 0.05) is 0 Å². The number of hydrogen-bond donors (Lipinski definition) is 0. The Hall–Kier alpha value is -0.500. The maximum absolute atomic E-state index is 10.8. The second kappa shape index (κ2) is 17.6. The molecule has 2 nitrogen and oxygen atoms in total. The van der Waals surface area contributed by atoms with E-state index in [1.165, 1.54) is 64.2 Å². The molecule has 0 heterocycles. The summed E-state index contributed by atoms with van der Waals surface area (Å²) in [5.74, 6) is -0.339. The summed E-state index contributed by atoms with van der Waals surface area (Å²) in [4.78, 5) is 10.8. The number of rotatable bonds is 15. The van der Waals surface area contributed by atoms with Gasteiger partial charge in [-0.25, -0.2) is 0 Å². The zero-order valence-corrected chi connectivity index (χ0v) is 14.5. The zero-order valence-electron chi connectivity index (χ0n) is 13.7. The second-order valence-corrected chi connectivity index (χ2v) is 5.85. The summed E-state index contributed by atoms with van der Waals surface area (Å²) >= 11 is 5.34. The van der Waals surface area contributed by atoms with E-state index in [1.807, 2.05) is 0 Å². The molecule has 0 N–H and O–H groups in total. The Morgan fingerprint density at radius 2 is 1.38 bits per heavy atom. The number of ether oxygens (including phenoxy) is 1. The van der Waals surface area contributed by atoms with Gasteiger partial charge in [0.05, 0.1) is 6.61 Å². The molecule has 0 radical (unpaired) electrons. The lowest BCUT2D eigenvalue weighted by Crippen LogP contribution is -2.06. The lowest BCUT2D eigenvalue weighted by atomic mass is 10.1. The molecule has 0 saturated heterocycles. The third-order valence-electron chi connectivity index (χ3n) is 3.53. The molecule has 124 valence electrons. The van der Waals surface area contributed by atoms with E-state index < -0.39 is 0 Å². The number of carbonyl (C=O) groups is 1. The summed E-state index contributed by atoms with van der Waals surface area (Å²) < 4.78 is 4.92. The Labute approximate surface area is 136 Å². The van der Waals surface area contributed by atoms with Crippen LogP contribution in [0.15, 0.2) is 12.2 Å². The van der Waals surface area contributed by atoms with E-state index in [9.17, 15) is 4.79 Å². The van der Waals surface area contributed by atoms with E-state index in [1.54, 1.807) is 0 Å². The molecule has 0 aromatic carbocycles. The van der Waals surface area contributed by atoms with E-state index in [-0.39, 0.29) is 11.8 Å². The fourth-order valence-electron chi connectivity index (χ4n) is 2.21. The Morgan fingerprint density at radius 3 is 1.95 bits per heavy atom. The van der Waals surface area contributed by atoms with Crippen molar-refractivity contribution in [1.82, 2.24) is 0 Å². The van der Waals surface area contributed by atoms with Crippen LogP contribution in [0.25, 0.3) is 0 Å². The summed E-state index contributed by atoms with van der Waals surface area (Å²) in [6, 6.07) is 0. The smallest absolute Gasteiger partial charge is 0.320 e. The number of halogens is 1. The maximum Gasteiger partial charge on any atom is 0.320 e. The molecule has 0 rings (SSSR count). The molecule has 3 heteroatoms. The third kappa shape index (κ3) is 17.4. The fourth-order valence-corrected chi connectivity index (χ4v) is 2.28. The highest BCUT2D eigenvalue weighted by atomic mass is 35.5. The van der Waals surface area contributed by atoms with Crippen LogP contribution in [0, 0.1) is 0 Å². The lowest BCUT2D eigenvalue weighted by molar-refractivity contribution is -0.140. The number of carbonyl (C=O) groups excluding carboxylic acids is 1. The van der Waals surface area contributed by atoms with Gasteiger partial charge in [0.2, 0.25) is 0 Å². The van der Waals surface area contributed by atoms with Crippen LogP contribution in [0.3, 0.4) is 0 Å². The Bertz CT molecular complexity index is 252. The van der Waals surface area contributed by atoms with E-state index in [0.717, 1.165) is 12.8 Å². The standard InChI is InChI=1S/C18H33ClO2/c1-2-3-4-5-6-7-8-9-10-11-12-13-14-15-16-21-18(20)17-19/h5-6H,2-4,7-17H2,1H3/b6-5-. The van der Waals surface area contributed by atoms with Gasteiger partial charge in [-0.3, -0.25) is 4.79 Å². The molecule has 0 aromatic rings. The molecular formula is C18H33ClO2. The van der Waals surface area contributed by atoms with Crippen molar-refractivity contribution < 1.29 is 9.53 Å². The quantitative estimate of drug-likeness (QED) is 0.160. The van der Waals surface area contributed by atoms with Crippen LogP contribution in [0.4, 0.5) is 0 Å². The molecule has 21 heavy (non-hydrogen) atoms. The number of hydrogen-bond acceptors (Lipinski definition) is 2. The van der Waals surface area contributed by atoms with Crippen LogP contribution in [0.5, 0.6) is 0 Å². The zero-order chi connectivity index (χ0) is 15.6. The van der Waals surface area contributed by atoms with Gasteiger partial charge in [0.1, 0.15) is 5.88 Å². The van der Waals surface area contributed by atoms with Crippen molar-refractivity contribution in [2.24, 2.45) is 0 Å². The normalized spacial score (nSPS) is 11.1. The largest absolute Gasteiger partial charge is 0.465 e. The lowest BCUT2D eigenvalue weighted by Gasteiger charge is -2.03. The second-order valence-electron chi connectivity index (χ2n) is 5.58. The molecule has 0 atom stereocenters. The van der Waals surface area contributed by atoms with Crippen molar-refractivity contribution in [3.63, 3.8) is 0 Å². The SMILES string of the molecule is CCCC/C=C\CCCCCCCCCCOC(=O)CCl. The van der Waals surface area contributed by atoms with Crippen LogP contribution in [-0.4, -0.2) is 18.5 Å². The molecule has 0 aliphatic carbocycles. The minimum Gasteiger partial charge on any atom is -0.465 e. The van der Waals surface area contributed by atoms with Crippen molar-refractivity contribution in [3.8, 4) is 0 Å². The average molecular weight is 317 g/mol.